The third-order valence-corrected chi connectivity index (χ3v) is 23.2. The van der Waals surface area contributed by atoms with Gasteiger partial charge in [0.2, 0.25) is 0 Å². The Morgan fingerprint density at radius 3 is 0.673 bits per heavy atom. The van der Waals surface area contributed by atoms with E-state index in [-0.39, 0.29) is 0 Å². The van der Waals surface area contributed by atoms with Crippen molar-refractivity contribution in [2.45, 2.75) is 128 Å². The number of allylic oxidation sites excluding steroid dienone is 1. The molecule has 0 unspecified atom stereocenters. The maximum absolute atomic E-state index is 14.1. The summed E-state index contributed by atoms with van der Waals surface area (Å²) in [6.07, 6.45) is -34.8. The zero-order chi connectivity index (χ0) is 42.3. The number of hydrogen-bond donors (Lipinski definition) is 0. The van der Waals surface area contributed by atoms with Crippen molar-refractivity contribution < 1.29 is 119 Å². The zero-order valence-electron chi connectivity index (χ0n) is 25.1. The molecule has 0 atom stereocenters. The van der Waals surface area contributed by atoms with Gasteiger partial charge in [0.25, 0.3) is 0 Å². The molecule has 0 radical (unpaired) electrons. The van der Waals surface area contributed by atoms with E-state index in [0.717, 1.165) is 0 Å². The second kappa shape index (κ2) is 15.3. The second-order valence-electron chi connectivity index (χ2n) is 11.6. The first-order chi connectivity index (χ1) is 22.4. The van der Waals surface area contributed by atoms with Gasteiger partial charge in [0.1, 0.15) is 0 Å². The van der Waals surface area contributed by atoms with Crippen molar-refractivity contribution >= 4 is 18.4 Å². The summed E-state index contributed by atoms with van der Waals surface area (Å²) in [4.78, 5) is 0. The van der Waals surface area contributed by atoms with Gasteiger partial charge in [-0.05, 0) is 0 Å². The molecule has 0 fully saturated rings. The molecule has 0 aromatic rings. The molecule has 28 heteroatoms. The van der Waals surface area contributed by atoms with Crippen molar-refractivity contribution in [3.8, 4) is 0 Å². The van der Waals surface area contributed by atoms with Crippen LogP contribution in [-0.2, 0) is 0 Å². The molecule has 0 aliphatic heterocycles. The standard InChI is InChI=1S/3C7H6F9.C3H5.Sn/c3*1-2-3-4(8,9)5(10,11)6(12,13)7(14,15)16;1-3-2;/h3*1-3H2;3H,1-2H2;. The molecule has 0 nitrogen and oxygen atoms in total. The van der Waals surface area contributed by atoms with Crippen LogP contribution in [0, 0.1) is 0 Å². The quantitative estimate of drug-likeness (QED) is 0.0648. The molecular formula is C24H23F27Sn. The summed E-state index contributed by atoms with van der Waals surface area (Å²) in [6.45, 7) is 2.99. The second-order valence-corrected chi connectivity index (χ2v) is 25.6. The van der Waals surface area contributed by atoms with Crippen LogP contribution < -0.4 is 0 Å². The summed E-state index contributed by atoms with van der Waals surface area (Å²) in [5.74, 6) is -63.2. The number of halogens is 27. The molecule has 0 amide bonds. The average Bonchev–Trinajstić information content (AvgIpc) is 2.90. The first-order valence-electron chi connectivity index (χ1n) is 13.6. The fraction of sp³-hybridized carbons (Fsp3) is 0.917. The normalized spacial score (nSPS) is 16.1. The Morgan fingerprint density at radius 1 is 0.327 bits per heavy atom. The van der Waals surface area contributed by atoms with Crippen molar-refractivity contribution in [1.29, 1.82) is 0 Å². The van der Waals surface area contributed by atoms with Crippen LogP contribution in [0.15, 0.2) is 12.7 Å². The van der Waals surface area contributed by atoms with Crippen LogP contribution in [0.2, 0.25) is 17.7 Å². The van der Waals surface area contributed by atoms with Crippen molar-refractivity contribution in [3.05, 3.63) is 12.7 Å². The Kier molecular flexibility index (Phi) is 14.9. The van der Waals surface area contributed by atoms with Gasteiger partial charge in [0.05, 0.1) is 0 Å². The van der Waals surface area contributed by atoms with Gasteiger partial charge in [-0.15, -0.1) is 0 Å². The van der Waals surface area contributed by atoms with Gasteiger partial charge in [-0.2, -0.15) is 0 Å². The van der Waals surface area contributed by atoms with Gasteiger partial charge in [0, 0.05) is 0 Å². The molecular weight excluding hydrogens is 920 g/mol. The predicted molar refractivity (Wildman–Crippen MR) is 126 cm³/mol. The summed E-state index contributed by atoms with van der Waals surface area (Å²) in [5, 5.41) is 0. The molecule has 0 aliphatic rings. The monoisotopic (exact) mass is 944 g/mol. The van der Waals surface area contributed by atoms with Gasteiger partial charge in [-0.25, -0.2) is 0 Å². The number of hydrogen-bond acceptors (Lipinski definition) is 0. The Morgan fingerprint density at radius 2 is 0.519 bits per heavy atom. The van der Waals surface area contributed by atoms with Gasteiger partial charge in [0.15, 0.2) is 0 Å². The van der Waals surface area contributed by atoms with Crippen molar-refractivity contribution in [2.75, 3.05) is 0 Å². The average molecular weight is 943 g/mol. The van der Waals surface area contributed by atoms with Gasteiger partial charge >= 0.3 is 278 Å². The van der Waals surface area contributed by atoms with E-state index in [9.17, 15) is 119 Å². The molecule has 0 bridgehead atoms. The van der Waals surface area contributed by atoms with Crippen molar-refractivity contribution in [3.63, 3.8) is 0 Å². The number of alkyl halides is 27. The van der Waals surface area contributed by atoms with Gasteiger partial charge in [-0.1, -0.05) is 0 Å². The molecule has 0 aliphatic carbocycles. The van der Waals surface area contributed by atoms with Crippen LogP contribution in [0.25, 0.3) is 0 Å². The summed E-state index contributed by atoms with van der Waals surface area (Å²) in [5.41, 5.74) is 0. The number of rotatable bonds is 20. The molecule has 0 saturated carbocycles. The van der Waals surface area contributed by atoms with Crippen LogP contribution in [0.1, 0.15) is 38.5 Å². The van der Waals surface area contributed by atoms with Crippen LogP contribution >= 0.6 is 0 Å². The van der Waals surface area contributed by atoms with Crippen molar-refractivity contribution in [1.82, 2.24) is 0 Å². The molecule has 52 heavy (non-hydrogen) atoms. The summed E-state index contributed by atoms with van der Waals surface area (Å²) >= 11 is -5.60. The third kappa shape index (κ3) is 9.53. The van der Waals surface area contributed by atoms with E-state index in [1.54, 1.807) is 0 Å². The molecule has 0 aromatic heterocycles. The van der Waals surface area contributed by atoms with E-state index < -0.39 is 146 Å². The molecule has 0 saturated heterocycles. The zero-order valence-corrected chi connectivity index (χ0v) is 27.9. The fourth-order valence-electron chi connectivity index (χ4n) is 4.74. The summed E-state index contributed by atoms with van der Waals surface area (Å²) in [7, 11) is 0. The van der Waals surface area contributed by atoms with E-state index in [1.165, 1.54) is 0 Å². The van der Waals surface area contributed by atoms with Crippen LogP contribution in [0.3, 0.4) is 0 Å². The Bertz CT molecular complexity index is 1040. The van der Waals surface area contributed by atoms with E-state index in [1.807, 2.05) is 0 Å². The van der Waals surface area contributed by atoms with Gasteiger partial charge < -0.3 is 0 Å². The van der Waals surface area contributed by atoms with Crippen LogP contribution in [0.5, 0.6) is 0 Å². The van der Waals surface area contributed by atoms with Crippen LogP contribution in [-0.4, -0.2) is 90.2 Å². The Hall–Kier alpha value is -1.35. The van der Waals surface area contributed by atoms with Crippen LogP contribution in [0.4, 0.5) is 119 Å². The van der Waals surface area contributed by atoms with E-state index in [4.69, 9.17) is 0 Å². The Labute approximate surface area is 278 Å². The maximum atomic E-state index is 14.1. The first-order valence-corrected chi connectivity index (χ1v) is 21.7. The van der Waals surface area contributed by atoms with E-state index in [2.05, 4.69) is 6.58 Å². The summed E-state index contributed by atoms with van der Waals surface area (Å²) in [6, 6.07) is 0. The van der Waals surface area contributed by atoms with E-state index in [0.29, 0.717) is 6.08 Å². The Balaban J connectivity index is 6.66. The molecule has 0 aromatic carbocycles. The first kappa shape index (κ1) is 50.6. The third-order valence-electron chi connectivity index (χ3n) is 7.80. The molecule has 0 N–H and O–H groups in total. The molecule has 0 spiro atoms. The topological polar surface area (TPSA) is 0 Å². The summed E-state index contributed by atoms with van der Waals surface area (Å²) < 4.78 is 352. The molecule has 0 rings (SSSR count). The van der Waals surface area contributed by atoms with E-state index >= 15 is 0 Å². The fourth-order valence-corrected chi connectivity index (χ4v) is 18.3. The van der Waals surface area contributed by atoms with Gasteiger partial charge in [-0.3, -0.25) is 0 Å². The minimum atomic E-state index is -7.45. The minimum absolute atomic E-state index is 0.565. The molecule has 0 heterocycles. The molecule has 312 valence electrons. The predicted octanol–water partition coefficient (Wildman–Crippen LogP) is 13.4. The van der Waals surface area contributed by atoms with Crippen molar-refractivity contribution in [2.24, 2.45) is 0 Å². The SMILES string of the molecule is C=C[CH2][Sn]([CH2]CCC(F)(F)C(F)(F)C(F)(F)C(F)(F)F)([CH2]CCC(F)(F)C(F)(F)C(F)(F)C(F)(F)F)[CH2]CCC(F)(F)C(F)(F)C(F)(F)C(F)(F)F.